The van der Waals surface area contributed by atoms with E-state index in [4.69, 9.17) is 4.74 Å². The molecule has 0 saturated carbocycles. The minimum atomic E-state index is -0.441. The van der Waals surface area contributed by atoms with Crippen LogP contribution < -0.4 is 4.74 Å². The van der Waals surface area contributed by atoms with Gasteiger partial charge in [0.25, 0.3) is 0 Å². The van der Waals surface area contributed by atoms with E-state index >= 15 is 0 Å². The molecule has 0 atom stereocenters. The molecule has 0 aliphatic carbocycles. The van der Waals surface area contributed by atoms with E-state index in [9.17, 15) is 8.78 Å². The molecule has 0 bridgehead atoms. The molecular formula is C14H11BrF2O. The predicted molar refractivity (Wildman–Crippen MR) is 69.8 cm³/mol. The van der Waals surface area contributed by atoms with Crippen molar-refractivity contribution in [1.82, 2.24) is 0 Å². The summed E-state index contributed by atoms with van der Waals surface area (Å²) < 4.78 is 32.4. The van der Waals surface area contributed by atoms with Gasteiger partial charge in [-0.2, -0.15) is 0 Å². The highest BCUT2D eigenvalue weighted by Gasteiger charge is 2.10. The summed E-state index contributed by atoms with van der Waals surface area (Å²) in [5.41, 5.74) is 1.10. The number of alkyl halides is 1. The summed E-state index contributed by atoms with van der Waals surface area (Å²) in [7, 11) is 0. The predicted octanol–water partition coefficient (Wildman–Crippen LogP) is 4.44. The molecule has 1 nitrogen and oxygen atoms in total. The fourth-order valence-corrected chi connectivity index (χ4v) is 2.03. The Morgan fingerprint density at radius 2 is 1.56 bits per heavy atom. The van der Waals surface area contributed by atoms with E-state index in [0.717, 1.165) is 0 Å². The number of ether oxygens (including phenoxy) is 1. The molecule has 0 aliphatic heterocycles. The van der Waals surface area contributed by atoms with E-state index in [1.807, 2.05) is 0 Å². The van der Waals surface area contributed by atoms with Crippen molar-refractivity contribution in [2.24, 2.45) is 0 Å². The van der Waals surface area contributed by atoms with Gasteiger partial charge < -0.3 is 4.74 Å². The van der Waals surface area contributed by atoms with Gasteiger partial charge in [0.05, 0.1) is 0 Å². The van der Waals surface area contributed by atoms with E-state index in [1.165, 1.54) is 12.1 Å². The minimum absolute atomic E-state index is 0.00755. The molecule has 0 radical (unpaired) electrons. The standard InChI is InChI=1S/C14H11BrF2O/c15-8-10-5-3-7-13(17)14(10)18-9-11-4-1-2-6-12(11)16/h1-7H,8-9H2. The molecule has 2 aromatic rings. The molecule has 0 N–H and O–H groups in total. The van der Waals surface area contributed by atoms with E-state index in [0.29, 0.717) is 16.5 Å². The molecule has 0 aliphatic rings. The van der Waals surface area contributed by atoms with Crippen LogP contribution in [0.3, 0.4) is 0 Å². The molecular weight excluding hydrogens is 302 g/mol. The third-order valence-corrected chi connectivity index (χ3v) is 3.13. The van der Waals surface area contributed by atoms with Crippen molar-refractivity contribution >= 4 is 15.9 Å². The molecule has 0 spiro atoms. The van der Waals surface area contributed by atoms with Crippen molar-refractivity contribution in [3.05, 3.63) is 65.2 Å². The Bertz CT molecular complexity index is 543. The molecule has 18 heavy (non-hydrogen) atoms. The van der Waals surface area contributed by atoms with Gasteiger partial charge in [0, 0.05) is 16.5 Å². The first kappa shape index (κ1) is 13.0. The SMILES string of the molecule is Fc1ccccc1COc1c(F)cccc1CBr. The molecule has 4 heteroatoms. The highest BCUT2D eigenvalue weighted by Crippen LogP contribution is 2.25. The Balaban J connectivity index is 2.18. The summed E-state index contributed by atoms with van der Waals surface area (Å²) >= 11 is 3.26. The lowest BCUT2D eigenvalue weighted by molar-refractivity contribution is 0.282. The van der Waals surface area contributed by atoms with Gasteiger partial charge in [0.2, 0.25) is 0 Å². The fourth-order valence-electron chi connectivity index (χ4n) is 1.59. The number of halogens is 3. The maximum atomic E-state index is 13.6. The van der Waals surface area contributed by atoms with Crippen LogP contribution in [0.5, 0.6) is 5.75 Å². The van der Waals surface area contributed by atoms with Gasteiger partial charge in [-0.05, 0) is 12.1 Å². The highest BCUT2D eigenvalue weighted by molar-refractivity contribution is 9.08. The van der Waals surface area contributed by atoms with Crippen LogP contribution in [0, 0.1) is 11.6 Å². The topological polar surface area (TPSA) is 9.23 Å². The van der Waals surface area contributed by atoms with Crippen LogP contribution in [0.2, 0.25) is 0 Å². The molecule has 0 fully saturated rings. The van der Waals surface area contributed by atoms with Crippen molar-refractivity contribution in [2.75, 3.05) is 0 Å². The van der Waals surface area contributed by atoms with Crippen LogP contribution in [0.4, 0.5) is 8.78 Å². The van der Waals surface area contributed by atoms with Gasteiger partial charge in [0.15, 0.2) is 11.6 Å². The molecule has 0 unspecified atom stereocenters. The lowest BCUT2D eigenvalue weighted by Gasteiger charge is -2.11. The molecule has 94 valence electrons. The Hall–Kier alpha value is -1.42. The number of para-hydroxylation sites is 1. The average molecular weight is 313 g/mol. The van der Waals surface area contributed by atoms with Gasteiger partial charge >= 0.3 is 0 Å². The Morgan fingerprint density at radius 3 is 2.28 bits per heavy atom. The van der Waals surface area contributed by atoms with Gasteiger partial charge in [-0.25, -0.2) is 8.78 Å². The third kappa shape index (κ3) is 2.88. The fraction of sp³-hybridized carbons (Fsp3) is 0.143. The van der Waals surface area contributed by atoms with Gasteiger partial charge in [-0.15, -0.1) is 0 Å². The third-order valence-electron chi connectivity index (χ3n) is 2.52. The molecule has 0 aromatic heterocycles. The largest absolute Gasteiger partial charge is 0.485 e. The molecule has 0 heterocycles. The van der Waals surface area contributed by atoms with Crippen molar-refractivity contribution in [2.45, 2.75) is 11.9 Å². The van der Waals surface area contributed by atoms with Gasteiger partial charge in [0.1, 0.15) is 12.4 Å². The second-order valence-corrected chi connectivity index (χ2v) is 4.30. The Morgan fingerprint density at radius 1 is 0.889 bits per heavy atom. The Labute approximate surface area is 113 Å². The van der Waals surface area contributed by atoms with Crippen LogP contribution in [0.15, 0.2) is 42.5 Å². The summed E-state index contributed by atoms with van der Waals surface area (Å²) in [6, 6.07) is 11.0. The Kier molecular flexibility index (Phi) is 4.31. The monoisotopic (exact) mass is 312 g/mol. The molecule has 2 rings (SSSR count). The van der Waals surface area contributed by atoms with Crippen LogP contribution in [0.1, 0.15) is 11.1 Å². The lowest BCUT2D eigenvalue weighted by atomic mass is 10.2. The first-order valence-electron chi connectivity index (χ1n) is 5.42. The van der Waals surface area contributed by atoms with Crippen LogP contribution >= 0.6 is 15.9 Å². The number of rotatable bonds is 4. The number of hydrogen-bond acceptors (Lipinski definition) is 1. The summed E-state index contributed by atoms with van der Waals surface area (Å²) in [5.74, 6) is -0.629. The van der Waals surface area contributed by atoms with Crippen LogP contribution in [0.25, 0.3) is 0 Å². The molecule has 0 amide bonds. The van der Waals surface area contributed by atoms with E-state index < -0.39 is 5.82 Å². The van der Waals surface area contributed by atoms with Crippen molar-refractivity contribution in [3.8, 4) is 5.75 Å². The maximum Gasteiger partial charge on any atom is 0.165 e. The van der Waals surface area contributed by atoms with Gasteiger partial charge in [-0.1, -0.05) is 46.3 Å². The first-order valence-corrected chi connectivity index (χ1v) is 6.54. The van der Waals surface area contributed by atoms with Crippen molar-refractivity contribution in [3.63, 3.8) is 0 Å². The van der Waals surface area contributed by atoms with E-state index in [1.54, 1.807) is 30.3 Å². The smallest absolute Gasteiger partial charge is 0.165 e. The summed E-state index contributed by atoms with van der Waals surface area (Å²) in [6.45, 7) is 0.00755. The zero-order valence-electron chi connectivity index (χ0n) is 9.50. The lowest BCUT2D eigenvalue weighted by Crippen LogP contribution is -2.02. The normalized spacial score (nSPS) is 10.4. The first-order chi connectivity index (χ1) is 8.72. The van der Waals surface area contributed by atoms with Crippen LogP contribution in [-0.2, 0) is 11.9 Å². The second-order valence-electron chi connectivity index (χ2n) is 3.74. The zero-order chi connectivity index (χ0) is 13.0. The number of benzene rings is 2. The van der Waals surface area contributed by atoms with E-state index in [2.05, 4.69) is 15.9 Å². The quantitative estimate of drug-likeness (QED) is 0.758. The average Bonchev–Trinajstić information content (AvgIpc) is 2.39. The van der Waals surface area contributed by atoms with E-state index in [-0.39, 0.29) is 18.2 Å². The second kappa shape index (κ2) is 5.96. The minimum Gasteiger partial charge on any atom is -0.485 e. The van der Waals surface area contributed by atoms with Crippen molar-refractivity contribution in [1.29, 1.82) is 0 Å². The zero-order valence-corrected chi connectivity index (χ0v) is 11.1. The summed E-state index contributed by atoms with van der Waals surface area (Å²) in [5, 5.41) is 0.483. The highest BCUT2D eigenvalue weighted by atomic mass is 79.9. The molecule has 0 saturated heterocycles. The molecule has 2 aromatic carbocycles. The number of hydrogen-bond donors (Lipinski definition) is 0. The summed E-state index contributed by atoms with van der Waals surface area (Å²) in [6.07, 6.45) is 0. The maximum absolute atomic E-state index is 13.6. The summed E-state index contributed by atoms with van der Waals surface area (Å²) in [4.78, 5) is 0. The van der Waals surface area contributed by atoms with Gasteiger partial charge in [-0.3, -0.25) is 0 Å². The van der Waals surface area contributed by atoms with Crippen molar-refractivity contribution < 1.29 is 13.5 Å². The van der Waals surface area contributed by atoms with Crippen LogP contribution in [-0.4, -0.2) is 0 Å².